The van der Waals surface area contributed by atoms with Crippen molar-refractivity contribution in [3.8, 4) is 0 Å². The van der Waals surface area contributed by atoms with E-state index in [1.54, 1.807) is 24.3 Å². The van der Waals surface area contributed by atoms with Crippen LogP contribution in [0.15, 0.2) is 48.5 Å². The summed E-state index contributed by atoms with van der Waals surface area (Å²) >= 11 is 0. The maximum absolute atomic E-state index is 12.8. The molecule has 1 N–H and O–H groups in total. The second kappa shape index (κ2) is 6.57. The fourth-order valence-corrected chi connectivity index (χ4v) is 1.98. The molecule has 0 radical (unpaired) electrons. The minimum Gasteiger partial charge on any atom is -0.306 e. The lowest BCUT2D eigenvalue weighted by Crippen LogP contribution is -2.18. The summed E-state index contributed by atoms with van der Waals surface area (Å²) in [5.41, 5.74) is 1.78. The Morgan fingerprint density at radius 3 is 2.35 bits per heavy atom. The molecule has 1 nitrogen and oxygen atoms in total. The zero-order valence-corrected chi connectivity index (χ0v) is 11.1. The summed E-state index contributed by atoms with van der Waals surface area (Å²) in [6.07, 6.45) is -2.45. The SMILES string of the molecule is C[C@H](NCc1cccc(C(F)F)c1)c1ccc(F)cc1. The van der Waals surface area contributed by atoms with Gasteiger partial charge in [-0.05, 0) is 36.2 Å². The van der Waals surface area contributed by atoms with Crippen molar-refractivity contribution in [3.63, 3.8) is 0 Å². The highest BCUT2D eigenvalue weighted by molar-refractivity contribution is 5.25. The highest BCUT2D eigenvalue weighted by Crippen LogP contribution is 2.20. The van der Waals surface area contributed by atoms with Gasteiger partial charge >= 0.3 is 0 Å². The van der Waals surface area contributed by atoms with Crippen LogP contribution in [0.5, 0.6) is 0 Å². The molecule has 0 aliphatic heterocycles. The molecule has 0 fully saturated rings. The van der Waals surface area contributed by atoms with Crippen molar-refractivity contribution in [2.24, 2.45) is 0 Å². The van der Waals surface area contributed by atoms with Gasteiger partial charge in [-0.1, -0.05) is 30.3 Å². The van der Waals surface area contributed by atoms with E-state index in [9.17, 15) is 13.2 Å². The fraction of sp³-hybridized carbons (Fsp3) is 0.250. The standard InChI is InChI=1S/C16H16F3N/c1-11(13-5-7-15(17)8-6-13)20-10-12-3-2-4-14(9-12)16(18)19/h2-9,11,16,20H,10H2,1H3/t11-/m0/s1. The summed E-state index contributed by atoms with van der Waals surface area (Å²) in [4.78, 5) is 0. The van der Waals surface area contributed by atoms with Crippen LogP contribution >= 0.6 is 0 Å². The highest BCUT2D eigenvalue weighted by Gasteiger charge is 2.08. The van der Waals surface area contributed by atoms with Crippen molar-refractivity contribution in [1.82, 2.24) is 5.32 Å². The molecule has 0 unspecified atom stereocenters. The molecule has 0 saturated carbocycles. The predicted octanol–water partition coefficient (Wildman–Crippen LogP) is 4.61. The van der Waals surface area contributed by atoms with Crippen molar-refractivity contribution in [3.05, 3.63) is 71.0 Å². The number of hydrogen-bond donors (Lipinski definition) is 1. The zero-order chi connectivity index (χ0) is 14.5. The first-order valence-electron chi connectivity index (χ1n) is 6.42. The summed E-state index contributed by atoms with van der Waals surface area (Å²) < 4.78 is 38.0. The molecule has 0 bridgehead atoms. The molecule has 1 atom stereocenters. The highest BCUT2D eigenvalue weighted by atomic mass is 19.3. The van der Waals surface area contributed by atoms with Crippen molar-refractivity contribution < 1.29 is 13.2 Å². The molecule has 0 spiro atoms. The molecule has 0 saturated heterocycles. The van der Waals surface area contributed by atoms with E-state index < -0.39 is 6.43 Å². The number of rotatable bonds is 5. The quantitative estimate of drug-likeness (QED) is 0.842. The third-order valence-electron chi connectivity index (χ3n) is 3.19. The Bertz CT molecular complexity index is 552. The van der Waals surface area contributed by atoms with E-state index in [4.69, 9.17) is 0 Å². The predicted molar refractivity (Wildman–Crippen MR) is 73.1 cm³/mol. The van der Waals surface area contributed by atoms with E-state index in [1.165, 1.54) is 24.3 Å². The third kappa shape index (κ3) is 3.84. The second-order valence-corrected chi connectivity index (χ2v) is 4.70. The van der Waals surface area contributed by atoms with Crippen LogP contribution in [0.2, 0.25) is 0 Å². The van der Waals surface area contributed by atoms with Gasteiger partial charge in [0.2, 0.25) is 0 Å². The summed E-state index contributed by atoms with van der Waals surface area (Å²) in [5.74, 6) is -0.273. The lowest BCUT2D eigenvalue weighted by atomic mass is 10.1. The molecular formula is C16H16F3N. The van der Waals surface area contributed by atoms with Crippen LogP contribution in [-0.4, -0.2) is 0 Å². The molecule has 2 rings (SSSR count). The van der Waals surface area contributed by atoms with E-state index in [-0.39, 0.29) is 17.4 Å². The summed E-state index contributed by atoms with van der Waals surface area (Å²) in [6, 6.07) is 12.6. The number of halogens is 3. The number of benzene rings is 2. The molecule has 0 aliphatic rings. The zero-order valence-electron chi connectivity index (χ0n) is 11.1. The maximum Gasteiger partial charge on any atom is 0.263 e. The first-order valence-corrected chi connectivity index (χ1v) is 6.42. The van der Waals surface area contributed by atoms with Crippen molar-refractivity contribution >= 4 is 0 Å². The van der Waals surface area contributed by atoms with Gasteiger partial charge in [0.05, 0.1) is 0 Å². The minimum atomic E-state index is -2.45. The van der Waals surface area contributed by atoms with Gasteiger partial charge in [0, 0.05) is 18.2 Å². The molecule has 2 aromatic rings. The molecule has 4 heteroatoms. The third-order valence-corrected chi connectivity index (χ3v) is 3.19. The number of alkyl halides is 2. The minimum absolute atomic E-state index is 0.0193. The largest absolute Gasteiger partial charge is 0.306 e. The number of nitrogens with one attached hydrogen (secondary N) is 1. The normalized spacial score (nSPS) is 12.7. The van der Waals surface area contributed by atoms with Gasteiger partial charge in [-0.15, -0.1) is 0 Å². The Kier molecular flexibility index (Phi) is 4.79. The molecule has 0 heterocycles. The topological polar surface area (TPSA) is 12.0 Å². The van der Waals surface area contributed by atoms with Crippen LogP contribution in [0.4, 0.5) is 13.2 Å². The summed E-state index contributed by atoms with van der Waals surface area (Å²) in [7, 11) is 0. The van der Waals surface area contributed by atoms with E-state index in [0.29, 0.717) is 6.54 Å². The van der Waals surface area contributed by atoms with Gasteiger partial charge in [0.1, 0.15) is 5.82 Å². The smallest absolute Gasteiger partial charge is 0.263 e. The Labute approximate surface area is 116 Å². The van der Waals surface area contributed by atoms with Crippen molar-refractivity contribution in [2.75, 3.05) is 0 Å². The lowest BCUT2D eigenvalue weighted by Gasteiger charge is -2.14. The van der Waals surface area contributed by atoms with Crippen LogP contribution in [0, 0.1) is 5.82 Å². The molecule has 106 valence electrons. The van der Waals surface area contributed by atoms with Crippen LogP contribution in [-0.2, 0) is 6.54 Å². The first-order chi connectivity index (χ1) is 9.56. The Hall–Kier alpha value is -1.81. The summed E-state index contributed by atoms with van der Waals surface area (Å²) in [6.45, 7) is 2.43. The van der Waals surface area contributed by atoms with Gasteiger partial charge in [-0.25, -0.2) is 13.2 Å². The molecule has 0 aromatic heterocycles. The molecule has 0 amide bonds. The van der Waals surface area contributed by atoms with E-state index in [0.717, 1.165) is 11.1 Å². The van der Waals surface area contributed by atoms with Gasteiger partial charge < -0.3 is 5.32 Å². The van der Waals surface area contributed by atoms with E-state index in [2.05, 4.69) is 5.32 Å². The Morgan fingerprint density at radius 2 is 1.70 bits per heavy atom. The van der Waals surface area contributed by atoms with Gasteiger partial charge in [-0.3, -0.25) is 0 Å². The summed E-state index contributed by atoms with van der Waals surface area (Å²) in [5, 5.41) is 3.23. The number of hydrogen-bond acceptors (Lipinski definition) is 1. The van der Waals surface area contributed by atoms with Crippen LogP contribution in [0.25, 0.3) is 0 Å². The molecule has 20 heavy (non-hydrogen) atoms. The van der Waals surface area contributed by atoms with Crippen molar-refractivity contribution in [2.45, 2.75) is 25.9 Å². The Balaban J connectivity index is 1.97. The monoisotopic (exact) mass is 279 g/mol. The molecule has 2 aromatic carbocycles. The molecule has 0 aliphatic carbocycles. The van der Waals surface area contributed by atoms with Crippen LogP contribution in [0.3, 0.4) is 0 Å². The van der Waals surface area contributed by atoms with Gasteiger partial charge in [0.25, 0.3) is 6.43 Å². The average Bonchev–Trinajstić information content (AvgIpc) is 2.46. The van der Waals surface area contributed by atoms with Gasteiger partial charge in [0.15, 0.2) is 0 Å². The maximum atomic E-state index is 12.8. The van der Waals surface area contributed by atoms with E-state index in [1.807, 2.05) is 6.92 Å². The molecular weight excluding hydrogens is 263 g/mol. The van der Waals surface area contributed by atoms with Gasteiger partial charge in [-0.2, -0.15) is 0 Å². The van der Waals surface area contributed by atoms with Crippen LogP contribution < -0.4 is 5.32 Å². The van der Waals surface area contributed by atoms with Crippen LogP contribution in [0.1, 0.15) is 36.1 Å². The van der Waals surface area contributed by atoms with E-state index >= 15 is 0 Å². The first kappa shape index (κ1) is 14.6. The fourth-order valence-electron chi connectivity index (χ4n) is 1.98. The average molecular weight is 279 g/mol. The lowest BCUT2D eigenvalue weighted by molar-refractivity contribution is 0.151. The Morgan fingerprint density at radius 1 is 1.00 bits per heavy atom. The van der Waals surface area contributed by atoms with Crippen molar-refractivity contribution in [1.29, 1.82) is 0 Å². The second-order valence-electron chi connectivity index (χ2n) is 4.70.